The lowest BCUT2D eigenvalue weighted by Gasteiger charge is -2.31. The first-order chi connectivity index (χ1) is 18.8. The van der Waals surface area contributed by atoms with Crippen molar-refractivity contribution in [3.8, 4) is 5.69 Å². The van der Waals surface area contributed by atoms with E-state index in [9.17, 15) is 13.2 Å². The molecule has 204 valence electrons. The Bertz CT molecular complexity index is 1380. The van der Waals surface area contributed by atoms with Crippen molar-refractivity contribution in [2.75, 3.05) is 19.6 Å². The number of nitrogens with two attached hydrogens (primary N) is 1. The fourth-order valence-corrected chi connectivity index (χ4v) is 5.98. The van der Waals surface area contributed by atoms with Gasteiger partial charge in [0.05, 0.1) is 17.2 Å². The van der Waals surface area contributed by atoms with E-state index in [0.29, 0.717) is 17.9 Å². The van der Waals surface area contributed by atoms with E-state index in [1.807, 2.05) is 50.2 Å². The van der Waals surface area contributed by atoms with Gasteiger partial charge in [0.15, 0.2) is 5.82 Å². The number of para-hydroxylation sites is 1. The van der Waals surface area contributed by atoms with Gasteiger partial charge in [-0.1, -0.05) is 66.7 Å². The smallest absolute Gasteiger partial charge is 0.330 e. The summed E-state index contributed by atoms with van der Waals surface area (Å²) in [7, 11) is 0. The van der Waals surface area contributed by atoms with Crippen molar-refractivity contribution >= 4 is 0 Å². The summed E-state index contributed by atoms with van der Waals surface area (Å²) in [5.74, 6) is -0.0126. The van der Waals surface area contributed by atoms with Gasteiger partial charge in [0.1, 0.15) is 0 Å². The normalized spacial score (nSPS) is 17.8. The van der Waals surface area contributed by atoms with Crippen molar-refractivity contribution in [2.24, 2.45) is 17.6 Å². The van der Waals surface area contributed by atoms with Crippen molar-refractivity contribution in [1.82, 2.24) is 25.1 Å². The van der Waals surface area contributed by atoms with Crippen LogP contribution in [-0.2, 0) is 12.7 Å². The molecule has 1 aliphatic heterocycles. The predicted octanol–water partition coefficient (Wildman–Crippen LogP) is 5.53. The van der Waals surface area contributed by atoms with Crippen LogP contribution in [0.25, 0.3) is 5.69 Å². The summed E-state index contributed by atoms with van der Waals surface area (Å²) in [6.45, 7) is 6.77. The standard InChI is InChI=1S/C30H33F3N6/c1-20-8-6-9-21(2)28(20)39-29(35-36-37-39)27(23-12-7-13-25(16-23)30(31,32)33)26(17-34)24-14-15-38(19-24)18-22-10-4-3-5-11-22/h3-13,16,24,26-27H,14-15,17-19,34H2,1-2H3. The van der Waals surface area contributed by atoms with Gasteiger partial charge in [-0.2, -0.15) is 17.9 Å². The number of aryl methyl sites for hydroxylation is 2. The Hall–Kier alpha value is -3.56. The molecule has 0 radical (unpaired) electrons. The van der Waals surface area contributed by atoms with E-state index in [0.717, 1.165) is 48.9 Å². The Morgan fingerprint density at radius 3 is 2.38 bits per heavy atom. The Balaban J connectivity index is 1.56. The van der Waals surface area contributed by atoms with Gasteiger partial charge in [-0.25, -0.2) is 0 Å². The largest absolute Gasteiger partial charge is 0.416 e. The molecule has 0 amide bonds. The van der Waals surface area contributed by atoms with E-state index in [4.69, 9.17) is 5.73 Å². The Labute approximate surface area is 226 Å². The second-order valence-electron chi connectivity index (χ2n) is 10.5. The average molecular weight is 535 g/mol. The Morgan fingerprint density at radius 2 is 1.69 bits per heavy atom. The number of hydrogen-bond acceptors (Lipinski definition) is 5. The van der Waals surface area contributed by atoms with Crippen LogP contribution in [-0.4, -0.2) is 44.7 Å². The lowest BCUT2D eigenvalue weighted by atomic mass is 9.76. The first-order valence-corrected chi connectivity index (χ1v) is 13.2. The van der Waals surface area contributed by atoms with Gasteiger partial charge < -0.3 is 5.73 Å². The maximum absolute atomic E-state index is 13.8. The van der Waals surface area contributed by atoms with Crippen molar-refractivity contribution in [3.05, 3.63) is 106 Å². The zero-order chi connectivity index (χ0) is 27.6. The summed E-state index contributed by atoms with van der Waals surface area (Å²) in [6.07, 6.45) is -3.56. The molecule has 4 aromatic rings. The van der Waals surface area contributed by atoms with Gasteiger partial charge >= 0.3 is 6.18 Å². The third-order valence-corrected chi connectivity index (χ3v) is 7.86. The molecule has 0 saturated carbocycles. The van der Waals surface area contributed by atoms with Gasteiger partial charge in [-0.15, -0.1) is 5.10 Å². The first-order valence-electron chi connectivity index (χ1n) is 13.2. The van der Waals surface area contributed by atoms with Crippen LogP contribution in [0.3, 0.4) is 0 Å². The number of nitrogens with zero attached hydrogens (tertiary/aromatic N) is 5. The van der Waals surface area contributed by atoms with Gasteiger partial charge in [0.2, 0.25) is 0 Å². The van der Waals surface area contributed by atoms with Gasteiger partial charge in [-0.05, 0) is 83.9 Å². The van der Waals surface area contributed by atoms with Crippen LogP contribution < -0.4 is 5.73 Å². The topological polar surface area (TPSA) is 72.9 Å². The molecule has 5 rings (SSSR count). The minimum absolute atomic E-state index is 0.164. The van der Waals surface area contributed by atoms with Crippen LogP contribution in [0.1, 0.15) is 46.0 Å². The highest BCUT2D eigenvalue weighted by Gasteiger charge is 2.39. The van der Waals surface area contributed by atoms with Crippen LogP contribution in [0.15, 0.2) is 72.8 Å². The number of benzene rings is 3. The third kappa shape index (κ3) is 5.74. The molecule has 1 aromatic heterocycles. The molecule has 2 N–H and O–H groups in total. The molecule has 2 heterocycles. The highest BCUT2D eigenvalue weighted by Crippen LogP contribution is 2.41. The van der Waals surface area contributed by atoms with E-state index >= 15 is 0 Å². The third-order valence-electron chi connectivity index (χ3n) is 7.86. The monoisotopic (exact) mass is 534 g/mol. The molecule has 0 spiro atoms. The Morgan fingerprint density at radius 1 is 0.974 bits per heavy atom. The van der Waals surface area contributed by atoms with Gasteiger partial charge in [0, 0.05) is 13.1 Å². The van der Waals surface area contributed by atoms with Crippen molar-refractivity contribution in [3.63, 3.8) is 0 Å². The minimum Gasteiger partial charge on any atom is -0.330 e. The number of likely N-dealkylation sites (tertiary alicyclic amines) is 1. The second-order valence-corrected chi connectivity index (χ2v) is 10.5. The zero-order valence-corrected chi connectivity index (χ0v) is 22.1. The van der Waals surface area contributed by atoms with Crippen molar-refractivity contribution in [2.45, 2.75) is 38.9 Å². The number of halogens is 3. The SMILES string of the molecule is Cc1cccc(C)c1-n1nnnc1C(c1cccc(C(F)(F)F)c1)C(CN)C1CCN(Cc2ccccc2)C1. The summed E-state index contributed by atoms with van der Waals surface area (Å²) in [5.41, 5.74) is 10.3. The molecule has 39 heavy (non-hydrogen) atoms. The highest BCUT2D eigenvalue weighted by molar-refractivity contribution is 5.47. The summed E-state index contributed by atoms with van der Waals surface area (Å²) in [6, 6.07) is 21.7. The number of aromatic nitrogens is 4. The van der Waals surface area contributed by atoms with E-state index < -0.39 is 17.7 Å². The predicted molar refractivity (Wildman–Crippen MR) is 144 cm³/mol. The van der Waals surface area contributed by atoms with Crippen molar-refractivity contribution in [1.29, 1.82) is 0 Å². The maximum atomic E-state index is 13.8. The van der Waals surface area contributed by atoms with Crippen LogP contribution in [0, 0.1) is 25.7 Å². The lowest BCUT2D eigenvalue weighted by molar-refractivity contribution is -0.137. The molecular weight excluding hydrogens is 501 g/mol. The molecule has 6 nitrogen and oxygen atoms in total. The molecule has 1 aliphatic rings. The van der Waals surface area contributed by atoms with E-state index in [1.165, 1.54) is 17.7 Å². The summed E-state index contributed by atoms with van der Waals surface area (Å²) in [5, 5.41) is 12.7. The molecule has 0 bridgehead atoms. The zero-order valence-electron chi connectivity index (χ0n) is 22.1. The van der Waals surface area contributed by atoms with Crippen molar-refractivity contribution < 1.29 is 13.2 Å². The van der Waals surface area contributed by atoms with Gasteiger partial charge in [0.25, 0.3) is 0 Å². The first kappa shape index (κ1) is 27.0. The maximum Gasteiger partial charge on any atom is 0.416 e. The van der Waals surface area contributed by atoms with Crippen LogP contribution in [0.5, 0.6) is 0 Å². The van der Waals surface area contributed by atoms with E-state index in [1.54, 1.807) is 10.7 Å². The number of tetrazole rings is 1. The van der Waals surface area contributed by atoms with E-state index in [2.05, 4.69) is 32.6 Å². The molecule has 3 atom stereocenters. The van der Waals surface area contributed by atoms with Crippen LogP contribution >= 0.6 is 0 Å². The molecule has 1 saturated heterocycles. The number of hydrogen-bond donors (Lipinski definition) is 1. The van der Waals surface area contributed by atoms with E-state index in [-0.39, 0.29) is 11.8 Å². The summed E-state index contributed by atoms with van der Waals surface area (Å²) < 4.78 is 43.1. The molecule has 3 aromatic carbocycles. The fourth-order valence-electron chi connectivity index (χ4n) is 5.98. The lowest BCUT2D eigenvalue weighted by Crippen LogP contribution is -2.33. The molecular formula is C30H33F3N6. The fraction of sp³-hybridized carbons (Fsp3) is 0.367. The number of rotatable bonds is 8. The number of alkyl halides is 3. The molecule has 9 heteroatoms. The quantitative estimate of drug-likeness (QED) is 0.322. The van der Waals surface area contributed by atoms with Crippen LogP contribution in [0.4, 0.5) is 13.2 Å². The molecule has 3 unspecified atom stereocenters. The summed E-state index contributed by atoms with van der Waals surface area (Å²) >= 11 is 0. The molecule has 0 aliphatic carbocycles. The Kier molecular flexibility index (Phi) is 7.81. The molecule has 1 fully saturated rings. The average Bonchev–Trinajstić information content (AvgIpc) is 3.57. The minimum atomic E-state index is -4.46. The second kappa shape index (κ2) is 11.3. The highest BCUT2D eigenvalue weighted by atomic mass is 19.4. The van der Waals surface area contributed by atoms with Crippen LogP contribution in [0.2, 0.25) is 0 Å². The van der Waals surface area contributed by atoms with Gasteiger partial charge in [-0.3, -0.25) is 4.90 Å². The summed E-state index contributed by atoms with van der Waals surface area (Å²) in [4.78, 5) is 2.39.